The number of rotatable bonds is 5. The van der Waals surface area contributed by atoms with E-state index in [2.05, 4.69) is 15.7 Å². The van der Waals surface area contributed by atoms with Gasteiger partial charge in [-0.2, -0.15) is 0 Å². The number of aliphatic imine (C=N–C) groups is 1. The Morgan fingerprint density at radius 1 is 1.39 bits per heavy atom. The van der Waals surface area contributed by atoms with Crippen LogP contribution in [0.5, 0.6) is 5.75 Å². The molecule has 100 valence electrons. The number of benzene rings is 1. The number of methoxy groups -OCH3 is 2. The minimum absolute atomic E-state index is 0.497. The van der Waals surface area contributed by atoms with E-state index in [-0.39, 0.29) is 0 Å². The summed E-state index contributed by atoms with van der Waals surface area (Å²) in [5.74, 6) is 6.73. The second-order valence-electron chi connectivity index (χ2n) is 3.68. The Bertz CT molecular complexity index is 407. The molecule has 0 spiro atoms. The van der Waals surface area contributed by atoms with Crippen LogP contribution >= 0.6 is 0 Å². The number of aryl methyl sites for hydroxylation is 1. The molecule has 0 fully saturated rings. The van der Waals surface area contributed by atoms with Gasteiger partial charge >= 0.3 is 0 Å². The molecule has 6 heteroatoms. The molecule has 0 radical (unpaired) electrons. The zero-order chi connectivity index (χ0) is 13.4. The van der Waals surface area contributed by atoms with E-state index in [9.17, 15) is 0 Å². The third-order valence-corrected chi connectivity index (χ3v) is 2.36. The van der Waals surface area contributed by atoms with E-state index in [1.807, 2.05) is 25.1 Å². The monoisotopic (exact) mass is 252 g/mol. The molecular formula is C12H20N4O2. The Morgan fingerprint density at radius 2 is 2.17 bits per heavy atom. The van der Waals surface area contributed by atoms with Crippen molar-refractivity contribution >= 4 is 11.6 Å². The second-order valence-corrected chi connectivity index (χ2v) is 3.68. The Morgan fingerprint density at radius 3 is 2.72 bits per heavy atom. The molecule has 1 aromatic carbocycles. The van der Waals surface area contributed by atoms with Gasteiger partial charge in [-0.3, -0.25) is 5.43 Å². The second kappa shape index (κ2) is 7.52. The van der Waals surface area contributed by atoms with Crippen molar-refractivity contribution in [2.45, 2.75) is 6.92 Å². The summed E-state index contributed by atoms with van der Waals surface area (Å²) in [6.45, 7) is 3.06. The molecule has 0 aliphatic heterocycles. The molecule has 0 aliphatic carbocycles. The van der Waals surface area contributed by atoms with Gasteiger partial charge in [0, 0.05) is 12.8 Å². The largest absolute Gasteiger partial charge is 0.496 e. The van der Waals surface area contributed by atoms with Crippen molar-refractivity contribution in [1.29, 1.82) is 0 Å². The molecule has 0 bridgehead atoms. The number of hydrogen-bond donors (Lipinski definition) is 3. The van der Waals surface area contributed by atoms with Crippen molar-refractivity contribution in [3.8, 4) is 5.75 Å². The first kappa shape index (κ1) is 14.3. The lowest BCUT2D eigenvalue weighted by Gasteiger charge is -2.11. The molecule has 6 nitrogen and oxygen atoms in total. The number of anilines is 1. The predicted octanol–water partition coefficient (Wildman–Crippen LogP) is 0.881. The molecule has 1 aromatic rings. The van der Waals surface area contributed by atoms with Gasteiger partial charge < -0.3 is 14.8 Å². The predicted molar refractivity (Wildman–Crippen MR) is 72.9 cm³/mol. The fourth-order valence-electron chi connectivity index (χ4n) is 1.46. The summed E-state index contributed by atoms with van der Waals surface area (Å²) in [6.07, 6.45) is 0. The fraction of sp³-hybridized carbons (Fsp3) is 0.417. The number of guanidine groups is 1. The molecule has 0 aliphatic rings. The van der Waals surface area contributed by atoms with Gasteiger partial charge in [-0.05, 0) is 30.7 Å². The van der Waals surface area contributed by atoms with E-state index in [4.69, 9.17) is 15.3 Å². The Labute approximate surface area is 107 Å². The van der Waals surface area contributed by atoms with Crippen LogP contribution in [0.2, 0.25) is 0 Å². The highest BCUT2D eigenvalue weighted by molar-refractivity contribution is 5.93. The number of ether oxygens (including phenoxy) is 2. The van der Waals surface area contributed by atoms with E-state index in [1.165, 1.54) is 0 Å². The smallest absolute Gasteiger partial charge is 0.210 e. The van der Waals surface area contributed by atoms with E-state index >= 15 is 0 Å². The number of nitrogens with one attached hydrogen (secondary N) is 2. The van der Waals surface area contributed by atoms with Crippen molar-refractivity contribution in [2.75, 3.05) is 32.7 Å². The van der Waals surface area contributed by atoms with E-state index in [0.717, 1.165) is 17.0 Å². The highest BCUT2D eigenvalue weighted by Gasteiger charge is 2.02. The van der Waals surface area contributed by atoms with Crippen LogP contribution in [-0.4, -0.2) is 33.3 Å². The summed E-state index contributed by atoms with van der Waals surface area (Å²) < 4.78 is 10.1. The first-order valence-electron chi connectivity index (χ1n) is 5.63. The van der Waals surface area contributed by atoms with E-state index in [0.29, 0.717) is 19.1 Å². The highest BCUT2D eigenvalue weighted by atomic mass is 16.5. The van der Waals surface area contributed by atoms with Crippen LogP contribution in [0.4, 0.5) is 5.69 Å². The first-order valence-corrected chi connectivity index (χ1v) is 5.63. The Balaban J connectivity index is 2.70. The molecule has 0 aromatic heterocycles. The van der Waals surface area contributed by atoms with Gasteiger partial charge in [-0.1, -0.05) is 0 Å². The summed E-state index contributed by atoms with van der Waals surface area (Å²) in [4.78, 5) is 4.21. The number of hydrazine groups is 1. The average Bonchev–Trinajstić information content (AvgIpc) is 2.38. The standard InChI is InChI=1S/C12H20N4O2/c1-9-8-10(4-5-11(9)18-3)15-12(16-13)14-6-7-17-2/h4-5,8H,6-7,13H2,1-3H3,(H2,14,15,16). The van der Waals surface area contributed by atoms with Gasteiger partial charge in [0.1, 0.15) is 5.75 Å². The SMILES string of the molecule is COCCN=C(NN)Nc1ccc(OC)c(C)c1. The quantitative estimate of drug-likeness (QED) is 0.238. The fourth-order valence-corrected chi connectivity index (χ4v) is 1.46. The van der Waals surface area contributed by atoms with Gasteiger partial charge in [0.25, 0.3) is 0 Å². The molecule has 0 unspecified atom stereocenters. The zero-order valence-electron chi connectivity index (χ0n) is 11.0. The lowest BCUT2D eigenvalue weighted by atomic mass is 10.2. The number of hydrogen-bond acceptors (Lipinski definition) is 4. The summed E-state index contributed by atoms with van der Waals surface area (Å²) in [5, 5.41) is 3.08. The molecule has 0 heterocycles. The topological polar surface area (TPSA) is 80.9 Å². The van der Waals surface area contributed by atoms with Crippen LogP contribution in [0, 0.1) is 6.92 Å². The van der Waals surface area contributed by atoms with Crippen LogP contribution in [0.25, 0.3) is 0 Å². The lowest BCUT2D eigenvalue weighted by Crippen LogP contribution is -2.36. The van der Waals surface area contributed by atoms with E-state index in [1.54, 1.807) is 14.2 Å². The lowest BCUT2D eigenvalue weighted by molar-refractivity contribution is 0.208. The van der Waals surface area contributed by atoms with Gasteiger partial charge in [0.15, 0.2) is 0 Å². The number of nitrogens with zero attached hydrogens (tertiary/aromatic N) is 1. The summed E-state index contributed by atoms with van der Waals surface area (Å²) in [6, 6.07) is 5.75. The zero-order valence-corrected chi connectivity index (χ0v) is 11.0. The van der Waals surface area contributed by atoms with Crippen LogP contribution in [-0.2, 0) is 4.74 Å². The maximum atomic E-state index is 5.39. The third-order valence-electron chi connectivity index (χ3n) is 2.36. The molecule has 0 amide bonds. The average molecular weight is 252 g/mol. The molecular weight excluding hydrogens is 232 g/mol. The summed E-state index contributed by atoms with van der Waals surface area (Å²) in [5.41, 5.74) is 4.44. The van der Waals surface area contributed by atoms with Crippen molar-refractivity contribution in [1.82, 2.24) is 5.43 Å². The Hall–Kier alpha value is -1.79. The molecule has 18 heavy (non-hydrogen) atoms. The first-order chi connectivity index (χ1) is 8.71. The minimum Gasteiger partial charge on any atom is -0.496 e. The minimum atomic E-state index is 0.497. The maximum Gasteiger partial charge on any atom is 0.210 e. The van der Waals surface area contributed by atoms with Gasteiger partial charge in [-0.25, -0.2) is 10.8 Å². The van der Waals surface area contributed by atoms with Crippen LogP contribution in [0.15, 0.2) is 23.2 Å². The normalized spacial score (nSPS) is 11.2. The third kappa shape index (κ3) is 4.23. The summed E-state index contributed by atoms with van der Waals surface area (Å²) >= 11 is 0. The van der Waals surface area contributed by atoms with Gasteiger partial charge in [0.05, 0.1) is 20.3 Å². The van der Waals surface area contributed by atoms with Gasteiger partial charge in [0.2, 0.25) is 5.96 Å². The highest BCUT2D eigenvalue weighted by Crippen LogP contribution is 2.21. The molecule has 0 saturated carbocycles. The molecule has 0 saturated heterocycles. The Kier molecular flexibility index (Phi) is 5.96. The maximum absolute atomic E-state index is 5.39. The van der Waals surface area contributed by atoms with Crippen molar-refractivity contribution in [3.63, 3.8) is 0 Å². The molecule has 4 N–H and O–H groups in total. The van der Waals surface area contributed by atoms with E-state index < -0.39 is 0 Å². The van der Waals surface area contributed by atoms with Crippen LogP contribution in [0.3, 0.4) is 0 Å². The molecule has 1 rings (SSSR count). The van der Waals surface area contributed by atoms with Crippen molar-refractivity contribution in [3.05, 3.63) is 23.8 Å². The van der Waals surface area contributed by atoms with Gasteiger partial charge in [-0.15, -0.1) is 0 Å². The number of nitrogens with two attached hydrogens (primary N) is 1. The summed E-state index contributed by atoms with van der Waals surface area (Å²) in [7, 11) is 3.28. The van der Waals surface area contributed by atoms with Crippen LogP contribution in [0.1, 0.15) is 5.56 Å². The van der Waals surface area contributed by atoms with Crippen LogP contribution < -0.4 is 21.3 Å². The molecule has 0 atom stereocenters. The van der Waals surface area contributed by atoms with Crippen molar-refractivity contribution < 1.29 is 9.47 Å². The van der Waals surface area contributed by atoms with Crippen molar-refractivity contribution in [2.24, 2.45) is 10.8 Å².